The average molecular weight is 399 g/mol. The third kappa shape index (κ3) is 3.06. The molecule has 2 heterocycles. The van der Waals surface area contributed by atoms with E-state index in [9.17, 15) is 0 Å². The summed E-state index contributed by atoms with van der Waals surface area (Å²) >= 11 is 0. The highest BCUT2D eigenvalue weighted by atomic mass is 16.3. The summed E-state index contributed by atoms with van der Waals surface area (Å²) in [6, 6.07) is 34.1. The average Bonchev–Trinajstić information content (AvgIpc) is 3.24. The van der Waals surface area contributed by atoms with Crippen molar-refractivity contribution in [2.45, 2.75) is 0 Å². The fourth-order valence-corrected chi connectivity index (χ4v) is 3.89. The number of furan rings is 1. The highest BCUT2D eigenvalue weighted by Crippen LogP contribution is 2.36. The Labute approximate surface area is 178 Å². The zero-order valence-corrected chi connectivity index (χ0v) is 16.6. The van der Waals surface area contributed by atoms with Crippen molar-refractivity contribution >= 4 is 21.9 Å². The lowest BCUT2D eigenvalue weighted by atomic mass is 10.1. The molecule has 4 aromatic carbocycles. The standard InChI is InChI=1S/C27H17N3O/c1-3-10-18(11-4-1)25-28-26(19-12-5-2-6-13-19)30-27(29-25)21-15-9-17-23-24(21)20-14-7-8-16-22(20)31-23/h1-17H. The SMILES string of the molecule is c1ccc(-c2nc(-c3ccccc3)nc(-c3cccc4oc5ccccc5c34)n2)cc1. The summed E-state index contributed by atoms with van der Waals surface area (Å²) in [5.41, 5.74) is 4.51. The lowest BCUT2D eigenvalue weighted by Gasteiger charge is -2.09. The van der Waals surface area contributed by atoms with Crippen LogP contribution in [-0.4, -0.2) is 15.0 Å². The van der Waals surface area contributed by atoms with Gasteiger partial charge in [0.25, 0.3) is 0 Å². The fourth-order valence-electron chi connectivity index (χ4n) is 3.89. The van der Waals surface area contributed by atoms with Crippen LogP contribution in [0.1, 0.15) is 0 Å². The Hall–Kier alpha value is -4.31. The van der Waals surface area contributed by atoms with E-state index in [1.54, 1.807) is 0 Å². The van der Waals surface area contributed by atoms with Crippen LogP contribution in [0, 0.1) is 0 Å². The number of hydrogen-bond donors (Lipinski definition) is 0. The highest BCUT2D eigenvalue weighted by Gasteiger charge is 2.17. The van der Waals surface area contributed by atoms with Crippen molar-refractivity contribution in [3.8, 4) is 34.2 Å². The Balaban J connectivity index is 1.66. The molecule has 6 rings (SSSR count). The highest BCUT2D eigenvalue weighted by molar-refractivity contribution is 6.11. The van der Waals surface area contributed by atoms with E-state index < -0.39 is 0 Å². The number of nitrogens with zero attached hydrogens (tertiary/aromatic N) is 3. The maximum absolute atomic E-state index is 6.07. The van der Waals surface area contributed by atoms with Gasteiger partial charge >= 0.3 is 0 Å². The fraction of sp³-hybridized carbons (Fsp3) is 0. The first kappa shape index (κ1) is 17.5. The quantitative estimate of drug-likeness (QED) is 0.329. The van der Waals surface area contributed by atoms with Gasteiger partial charge in [0, 0.05) is 27.5 Å². The van der Waals surface area contributed by atoms with Gasteiger partial charge in [0.15, 0.2) is 17.5 Å². The molecule has 6 aromatic rings. The lowest BCUT2D eigenvalue weighted by Crippen LogP contribution is -2.00. The van der Waals surface area contributed by atoms with E-state index in [-0.39, 0.29) is 0 Å². The second-order valence-corrected chi connectivity index (χ2v) is 7.32. The van der Waals surface area contributed by atoms with Crippen molar-refractivity contribution < 1.29 is 4.42 Å². The van der Waals surface area contributed by atoms with Crippen LogP contribution in [0.3, 0.4) is 0 Å². The number of rotatable bonds is 3. The van der Waals surface area contributed by atoms with Crippen molar-refractivity contribution in [1.29, 1.82) is 0 Å². The van der Waals surface area contributed by atoms with Crippen LogP contribution in [0.15, 0.2) is 108 Å². The number of fused-ring (bicyclic) bond motifs is 3. The molecular weight excluding hydrogens is 382 g/mol. The number of para-hydroxylation sites is 1. The van der Waals surface area contributed by atoms with Crippen LogP contribution >= 0.6 is 0 Å². The van der Waals surface area contributed by atoms with Crippen LogP contribution in [0.2, 0.25) is 0 Å². The zero-order valence-electron chi connectivity index (χ0n) is 16.6. The Morgan fingerprint density at radius 3 is 1.68 bits per heavy atom. The largest absolute Gasteiger partial charge is 0.456 e. The van der Waals surface area contributed by atoms with Crippen molar-refractivity contribution in [2.24, 2.45) is 0 Å². The summed E-state index contributed by atoms with van der Waals surface area (Å²) in [5.74, 6) is 1.92. The minimum absolute atomic E-state index is 0.629. The third-order valence-corrected chi connectivity index (χ3v) is 5.34. The molecule has 0 radical (unpaired) electrons. The lowest BCUT2D eigenvalue weighted by molar-refractivity contribution is 0.669. The number of benzene rings is 4. The van der Waals surface area contributed by atoms with Gasteiger partial charge in [-0.1, -0.05) is 91.0 Å². The second kappa shape index (κ2) is 7.18. The Morgan fingerprint density at radius 1 is 0.452 bits per heavy atom. The van der Waals surface area contributed by atoms with Gasteiger partial charge in [-0.05, 0) is 12.1 Å². The molecule has 0 saturated heterocycles. The Kier molecular flexibility index (Phi) is 4.06. The van der Waals surface area contributed by atoms with E-state index >= 15 is 0 Å². The summed E-state index contributed by atoms with van der Waals surface area (Å²) in [6.07, 6.45) is 0. The van der Waals surface area contributed by atoms with Gasteiger partial charge in [0.1, 0.15) is 11.2 Å². The van der Waals surface area contributed by atoms with Crippen LogP contribution in [-0.2, 0) is 0 Å². The van der Waals surface area contributed by atoms with Gasteiger partial charge in [-0.25, -0.2) is 15.0 Å². The molecule has 4 nitrogen and oxygen atoms in total. The predicted molar refractivity (Wildman–Crippen MR) is 123 cm³/mol. The molecule has 0 saturated carbocycles. The smallest absolute Gasteiger partial charge is 0.164 e. The van der Waals surface area contributed by atoms with Crippen molar-refractivity contribution in [3.05, 3.63) is 103 Å². The monoisotopic (exact) mass is 399 g/mol. The van der Waals surface area contributed by atoms with Crippen LogP contribution in [0.4, 0.5) is 0 Å². The Bertz CT molecular complexity index is 1460. The molecule has 0 aliphatic heterocycles. The van der Waals surface area contributed by atoms with E-state index in [0.717, 1.165) is 38.6 Å². The third-order valence-electron chi connectivity index (χ3n) is 5.34. The van der Waals surface area contributed by atoms with E-state index in [1.807, 2.05) is 97.1 Å². The van der Waals surface area contributed by atoms with Gasteiger partial charge < -0.3 is 4.42 Å². The summed E-state index contributed by atoms with van der Waals surface area (Å²) in [4.78, 5) is 14.5. The predicted octanol–water partition coefficient (Wildman–Crippen LogP) is 6.77. The van der Waals surface area contributed by atoms with Gasteiger partial charge in [-0.2, -0.15) is 0 Å². The summed E-state index contributed by atoms with van der Waals surface area (Å²) < 4.78 is 6.07. The summed E-state index contributed by atoms with van der Waals surface area (Å²) in [6.45, 7) is 0. The molecule has 0 N–H and O–H groups in total. The summed E-state index contributed by atoms with van der Waals surface area (Å²) in [7, 11) is 0. The van der Waals surface area contributed by atoms with Crippen LogP contribution in [0.5, 0.6) is 0 Å². The second-order valence-electron chi connectivity index (χ2n) is 7.32. The minimum Gasteiger partial charge on any atom is -0.456 e. The van der Waals surface area contributed by atoms with E-state index in [4.69, 9.17) is 19.4 Å². The van der Waals surface area contributed by atoms with Gasteiger partial charge in [0.05, 0.1) is 0 Å². The molecule has 31 heavy (non-hydrogen) atoms. The molecule has 0 amide bonds. The van der Waals surface area contributed by atoms with E-state index in [2.05, 4.69) is 6.07 Å². The molecule has 2 aromatic heterocycles. The first-order valence-corrected chi connectivity index (χ1v) is 10.1. The van der Waals surface area contributed by atoms with Crippen molar-refractivity contribution in [1.82, 2.24) is 15.0 Å². The van der Waals surface area contributed by atoms with Crippen LogP contribution in [0.25, 0.3) is 56.1 Å². The molecule has 0 fully saturated rings. The first-order valence-electron chi connectivity index (χ1n) is 10.1. The van der Waals surface area contributed by atoms with Gasteiger partial charge in [0.2, 0.25) is 0 Å². The van der Waals surface area contributed by atoms with E-state index in [1.165, 1.54) is 0 Å². The molecular formula is C27H17N3O. The van der Waals surface area contributed by atoms with Crippen molar-refractivity contribution in [2.75, 3.05) is 0 Å². The maximum atomic E-state index is 6.07. The topological polar surface area (TPSA) is 51.8 Å². The molecule has 0 spiro atoms. The molecule has 0 atom stereocenters. The normalized spacial score (nSPS) is 11.2. The molecule has 0 unspecified atom stereocenters. The summed E-state index contributed by atoms with van der Waals surface area (Å²) in [5, 5.41) is 2.07. The molecule has 4 heteroatoms. The minimum atomic E-state index is 0.629. The number of aromatic nitrogens is 3. The van der Waals surface area contributed by atoms with E-state index in [0.29, 0.717) is 17.5 Å². The molecule has 146 valence electrons. The van der Waals surface area contributed by atoms with Gasteiger partial charge in [-0.15, -0.1) is 0 Å². The van der Waals surface area contributed by atoms with Crippen molar-refractivity contribution in [3.63, 3.8) is 0 Å². The number of hydrogen-bond acceptors (Lipinski definition) is 4. The zero-order chi connectivity index (χ0) is 20.6. The Morgan fingerprint density at radius 2 is 1.00 bits per heavy atom. The van der Waals surface area contributed by atoms with Crippen LogP contribution < -0.4 is 0 Å². The molecule has 0 aliphatic rings. The maximum Gasteiger partial charge on any atom is 0.164 e. The molecule has 0 bridgehead atoms. The molecule has 0 aliphatic carbocycles. The first-order chi connectivity index (χ1) is 15.4. The van der Waals surface area contributed by atoms with Gasteiger partial charge in [-0.3, -0.25) is 0 Å².